The van der Waals surface area contributed by atoms with E-state index in [1.54, 1.807) is 6.92 Å². The zero-order valence-corrected chi connectivity index (χ0v) is 8.11. The first-order valence-corrected chi connectivity index (χ1v) is 4.15. The van der Waals surface area contributed by atoms with Gasteiger partial charge in [-0.2, -0.15) is 0 Å². The molecule has 0 aromatic heterocycles. The predicted octanol–water partition coefficient (Wildman–Crippen LogP) is 2.69. The molecule has 0 aliphatic heterocycles. The average Bonchev–Trinajstić information content (AvgIpc) is 2.10. The van der Waals surface area contributed by atoms with Crippen molar-refractivity contribution in [2.75, 3.05) is 13.7 Å². The maximum absolute atomic E-state index is 13.0. The molecule has 0 aliphatic carbocycles. The van der Waals surface area contributed by atoms with Crippen LogP contribution in [0.4, 0.5) is 4.39 Å². The van der Waals surface area contributed by atoms with Crippen LogP contribution in [0, 0.1) is 11.9 Å². The van der Waals surface area contributed by atoms with Crippen molar-refractivity contribution < 1.29 is 13.9 Å². The van der Waals surface area contributed by atoms with Gasteiger partial charge >= 0.3 is 0 Å². The lowest BCUT2D eigenvalue weighted by atomic mass is 10.3. The first-order chi connectivity index (χ1) is 6.19. The van der Waals surface area contributed by atoms with Gasteiger partial charge in [0.25, 0.3) is 0 Å². The summed E-state index contributed by atoms with van der Waals surface area (Å²) < 4.78 is 22.9. The molecule has 1 radical (unpaired) electrons. The van der Waals surface area contributed by atoms with Gasteiger partial charge in [0.1, 0.15) is 5.75 Å². The molecule has 1 aromatic rings. The van der Waals surface area contributed by atoms with Crippen molar-refractivity contribution >= 4 is 11.6 Å². The van der Waals surface area contributed by atoms with Gasteiger partial charge in [-0.1, -0.05) is 11.6 Å². The maximum atomic E-state index is 13.0. The van der Waals surface area contributed by atoms with Gasteiger partial charge in [-0.05, 0) is 6.92 Å². The molecule has 0 N–H and O–H groups in total. The van der Waals surface area contributed by atoms with Crippen LogP contribution in [0.15, 0.2) is 6.07 Å². The predicted molar refractivity (Wildman–Crippen MR) is 48.0 cm³/mol. The Balaban J connectivity index is 3.06. The fourth-order valence-corrected chi connectivity index (χ4v) is 1.09. The summed E-state index contributed by atoms with van der Waals surface area (Å²) in [6.07, 6.45) is 0. The van der Waals surface area contributed by atoms with E-state index in [1.807, 2.05) is 0 Å². The summed E-state index contributed by atoms with van der Waals surface area (Å²) in [5, 5.41) is 0.114. The van der Waals surface area contributed by atoms with Gasteiger partial charge in [0, 0.05) is 12.1 Å². The van der Waals surface area contributed by atoms with Crippen LogP contribution < -0.4 is 9.47 Å². The lowest BCUT2D eigenvalue weighted by molar-refractivity contribution is 0.317. The normalized spacial score (nSPS) is 9.85. The van der Waals surface area contributed by atoms with E-state index in [9.17, 15) is 4.39 Å². The largest absolute Gasteiger partial charge is 0.495 e. The molecule has 0 unspecified atom stereocenters. The molecule has 4 heteroatoms. The number of rotatable bonds is 3. The van der Waals surface area contributed by atoms with E-state index in [0.29, 0.717) is 12.4 Å². The molecule has 13 heavy (non-hydrogen) atoms. The van der Waals surface area contributed by atoms with Crippen molar-refractivity contribution in [3.05, 3.63) is 23.0 Å². The molecule has 0 saturated heterocycles. The summed E-state index contributed by atoms with van der Waals surface area (Å²) in [4.78, 5) is 0. The van der Waals surface area contributed by atoms with Gasteiger partial charge in [0.2, 0.25) is 0 Å². The summed E-state index contributed by atoms with van der Waals surface area (Å²) in [6.45, 7) is 2.15. The van der Waals surface area contributed by atoms with Crippen LogP contribution in [-0.4, -0.2) is 13.7 Å². The molecular formula is C9H9ClFO2. The summed E-state index contributed by atoms with van der Waals surface area (Å²) in [5.74, 6) is -0.150. The van der Waals surface area contributed by atoms with Gasteiger partial charge < -0.3 is 9.47 Å². The molecular weight excluding hydrogens is 195 g/mol. The average molecular weight is 204 g/mol. The van der Waals surface area contributed by atoms with E-state index in [4.69, 9.17) is 21.1 Å². The van der Waals surface area contributed by atoms with Crippen LogP contribution in [0.3, 0.4) is 0 Å². The first kappa shape index (κ1) is 10.1. The number of benzene rings is 1. The van der Waals surface area contributed by atoms with E-state index in [0.717, 1.165) is 0 Å². The molecule has 0 saturated carbocycles. The fourth-order valence-electron chi connectivity index (χ4n) is 0.874. The standard InChI is InChI=1S/C9H9ClFO2/c1-3-13-9-5-8(12-2)6(10)4-7(9)11/h5H,3H2,1-2H3. The molecule has 0 aliphatic rings. The van der Waals surface area contributed by atoms with Crippen LogP contribution in [0.5, 0.6) is 11.5 Å². The smallest absolute Gasteiger partial charge is 0.174 e. The topological polar surface area (TPSA) is 18.5 Å². The van der Waals surface area contributed by atoms with Crippen molar-refractivity contribution in [3.63, 3.8) is 0 Å². The molecule has 0 bridgehead atoms. The molecule has 1 aromatic carbocycles. The van der Waals surface area contributed by atoms with E-state index >= 15 is 0 Å². The van der Waals surface area contributed by atoms with Crippen LogP contribution >= 0.6 is 11.6 Å². The Morgan fingerprint density at radius 1 is 1.54 bits per heavy atom. The summed E-state index contributed by atoms with van der Waals surface area (Å²) in [5.41, 5.74) is 0. The quantitative estimate of drug-likeness (QED) is 0.752. The highest BCUT2D eigenvalue weighted by Crippen LogP contribution is 2.30. The van der Waals surface area contributed by atoms with Crippen molar-refractivity contribution in [3.8, 4) is 11.5 Å². The zero-order valence-electron chi connectivity index (χ0n) is 7.36. The lowest BCUT2D eigenvalue weighted by Gasteiger charge is -2.07. The molecule has 0 fully saturated rings. The first-order valence-electron chi connectivity index (χ1n) is 3.77. The van der Waals surface area contributed by atoms with Crippen LogP contribution in [-0.2, 0) is 0 Å². The molecule has 1 rings (SSSR count). The molecule has 2 nitrogen and oxygen atoms in total. The number of ether oxygens (including phenoxy) is 2. The lowest BCUT2D eigenvalue weighted by Crippen LogP contribution is -1.96. The molecule has 0 amide bonds. The maximum Gasteiger partial charge on any atom is 0.174 e. The monoisotopic (exact) mass is 203 g/mol. The highest BCUT2D eigenvalue weighted by Gasteiger charge is 2.09. The second-order valence-electron chi connectivity index (χ2n) is 2.26. The van der Waals surface area contributed by atoms with E-state index in [-0.39, 0.29) is 10.8 Å². The number of methoxy groups -OCH3 is 1. The Labute approximate surface area is 81.2 Å². The van der Waals surface area contributed by atoms with Gasteiger partial charge in [-0.15, -0.1) is 0 Å². The second-order valence-corrected chi connectivity index (χ2v) is 2.64. The van der Waals surface area contributed by atoms with Crippen molar-refractivity contribution in [1.82, 2.24) is 0 Å². The van der Waals surface area contributed by atoms with Gasteiger partial charge in [0.05, 0.1) is 18.7 Å². The Morgan fingerprint density at radius 2 is 2.23 bits per heavy atom. The van der Waals surface area contributed by atoms with Crippen LogP contribution in [0.1, 0.15) is 6.92 Å². The number of hydrogen-bond donors (Lipinski definition) is 0. The highest BCUT2D eigenvalue weighted by molar-refractivity contribution is 6.31. The second kappa shape index (κ2) is 4.33. The molecule has 0 spiro atoms. The van der Waals surface area contributed by atoms with Crippen molar-refractivity contribution in [2.45, 2.75) is 6.92 Å². The Kier molecular flexibility index (Phi) is 3.37. The Hall–Kier alpha value is -0.960. The van der Waals surface area contributed by atoms with Gasteiger partial charge in [-0.3, -0.25) is 0 Å². The minimum absolute atomic E-state index is 0.101. The van der Waals surface area contributed by atoms with Gasteiger partial charge in [0.15, 0.2) is 11.6 Å². The van der Waals surface area contributed by atoms with Crippen LogP contribution in [0.25, 0.3) is 0 Å². The van der Waals surface area contributed by atoms with Crippen LogP contribution in [0.2, 0.25) is 5.02 Å². The molecule has 0 atom stereocenters. The molecule has 0 heterocycles. The van der Waals surface area contributed by atoms with Crippen molar-refractivity contribution in [1.29, 1.82) is 0 Å². The highest BCUT2D eigenvalue weighted by atomic mass is 35.5. The van der Waals surface area contributed by atoms with E-state index in [2.05, 4.69) is 6.07 Å². The van der Waals surface area contributed by atoms with E-state index < -0.39 is 5.82 Å². The number of halogens is 2. The SMILES string of the molecule is CCOc1cc(OC)c(Cl)[c]c1F. The van der Waals surface area contributed by atoms with Crippen molar-refractivity contribution in [2.24, 2.45) is 0 Å². The van der Waals surface area contributed by atoms with E-state index in [1.165, 1.54) is 13.2 Å². The summed E-state index contributed by atoms with van der Waals surface area (Å²) in [6, 6.07) is 3.69. The molecule has 71 valence electrons. The Morgan fingerprint density at radius 3 is 2.77 bits per heavy atom. The fraction of sp³-hybridized carbons (Fsp3) is 0.333. The summed E-state index contributed by atoms with van der Waals surface area (Å²) >= 11 is 5.63. The summed E-state index contributed by atoms with van der Waals surface area (Å²) in [7, 11) is 1.45. The minimum Gasteiger partial charge on any atom is -0.495 e. The number of hydrogen-bond acceptors (Lipinski definition) is 2. The minimum atomic E-state index is -0.604. The third-order valence-corrected chi connectivity index (χ3v) is 1.71. The third-order valence-electron chi connectivity index (χ3n) is 1.43. The van der Waals surface area contributed by atoms with Gasteiger partial charge in [-0.25, -0.2) is 4.39 Å². The zero-order chi connectivity index (χ0) is 9.84. The Bertz CT molecular complexity index is 302. The third kappa shape index (κ3) is 2.25.